The quantitative estimate of drug-likeness (QED) is 0.0170. The summed E-state index contributed by atoms with van der Waals surface area (Å²) in [5, 5.41) is 67.5. The fourth-order valence-electron chi connectivity index (χ4n) is 15.3. The molecule has 45 nitrogen and oxygen atoms in total. The molecule has 13 rings (SSSR count). The van der Waals surface area contributed by atoms with E-state index in [4.69, 9.17) is 67.1 Å². The van der Waals surface area contributed by atoms with Crippen LogP contribution in [0.4, 0.5) is 0 Å². The summed E-state index contributed by atoms with van der Waals surface area (Å²) in [5.41, 5.74) is -0.403. The minimum absolute atomic E-state index is 0.0182. The van der Waals surface area contributed by atoms with Gasteiger partial charge in [-0.25, -0.2) is 0 Å². The van der Waals surface area contributed by atoms with Crippen LogP contribution < -0.4 is 10.3 Å². The predicted molar refractivity (Wildman–Crippen MR) is 494 cm³/mol. The maximum Gasteiger partial charge on any atom is 0.342 e. The zero-order chi connectivity index (χ0) is 102. The van der Waals surface area contributed by atoms with Gasteiger partial charge in [-0.15, -0.1) is 0 Å². The largest absolute Gasteiger partial charge is 0.453 e. The van der Waals surface area contributed by atoms with Gasteiger partial charge in [-0.05, 0) is 75.3 Å². The SMILES string of the molecule is CCCO[C@@H]1[C@H](C)[C@@H](C=O)O[C@H]1N1C=CC(=O)CC1=O.CCCO[C@@H]1[C@H](C)[C@@H](CC)O[C@H]1N1C=CC(=O)CC1=O.CCCO[C@@H]1[C@H](C)[C@@H](CO)O[C@H]1N1C=CC(=O)CC1=O.CCCO[C@@H]1[C@H](O)[C@@H](CC)O[C@H]1N1C=CC(=O)CC1=O.CCCO[C@@H]1[C@H](O)[C@@H](CO)O[C@H]1N1C=CC(=O)CC1=O.COCCO.COP(=O)(CP(=O)(OC)OC)OC.C[B]I.O=c1ccn2c(n1)O[C@H]1[C@H](O)[C@@H](CO)O[C@H]12. The number of carbonyl (C=O) groups excluding carboxylic acids is 11. The molecule has 5 amide bonds. The first-order valence-electron chi connectivity index (χ1n) is 45.5. The van der Waals surface area contributed by atoms with Crippen molar-refractivity contribution in [1.82, 2.24) is 34.1 Å². The van der Waals surface area contributed by atoms with Crippen LogP contribution in [0.1, 0.15) is 153 Å². The summed E-state index contributed by atoms with van der Waals surface area (Å²) in [6, 6.07) is 1.43. The summed E-state index contributed by atoms with van der Waals surface area (Å²) in [6.07, 6.45) is 9.30. The molecule has 773 valence electrons. The molecule has 12 aliphatic heterocycles. The lowest BCUT2D eigenvalue weighted by Crippen LogP contribution is -2.47. The first kappa shape index (κ1) is 121. The smallest absolute Gasteiger partial charge is 0.342 e. The zero-order valence-electron chi connectivity index (χ0n) is 80.4. The van der Waals surface area contributed by atoms with Gasteiger partial charge in [-0.1, -0.05) is 76.1 Å². The monoisotopic (exact) mass is 2100 g/mol. The lowest BCUT2D eigenvalue weighted by molar-refractivity contribution is -0.152. The third kappa shape index (κ3) is 34.1. The fourth-order valence-corrected chi connectivity index (χ4v) is 19.1. The van der Waals surface area contributed by atoms with Crippen LogP contribution in [0.2, 0.25) is 6.82 Å². The van der Waals surface area contributed by atoms with E-state index in [0.29, 0.717) is 46.1 Å². The van der Waals surface area contributed by atoms with Crippen LogP contribution >= 0.6 is 37.6 Å². The number of fused-ring (bicyclic) bond motifs is 3. The van der Waals surface area contributed by atoms with Gasteiger partial charge in [0, 0.05) is 130 Å². The van der Waals surface area contributed by atoms with Crippen molar-refractivity contribution in [3.63, 3.8) is 0 Å². The van der Waals surface area contributed by atoms with Crippen LogP contribution in [-0.4, -0.2) is 370 Å². The van der Waals surface area contributed by atoms with E-state index in [1.807, 2.05) is 60.4 Å². The molecule has 1 aromatic heterocycles. The number of aliphatic hydroxyl groups is 7. The number of ketones is 5. The predicted octanol–water partition coefficient (Wildman–Crippen LogP) is 3.63. The van der Waals surface area contributed by atoms with E-state index in [9.17, 15) is 92.2 Å². The summed E-state index contributed by atoms with van der Waals surface area (Å²) in [6.45, 7) is 24.2. The highest BCUT2D eigenvalue weighted by Gasteiger charge is 2.55. The number of rotatable bonds is 34. The third-order valence-electron chi connectivity index (χ3n) is 22.6. The molecule has 24 atom stereocenters. The third-order valence-corrected chi connectivity index (χ3v) is 27.6. The summed E-state index contributed by atoms with van der Waals surface area (Å²) in [5.74, 6) is -2.95. The Kier molecular flexibility index (Phi) is 53.8. The highest BCUT2D eigenvalue weighted by Crippen LogP contribution is 2.62. The fraction of sp³-hybridized carbons (Fsp3) is 0.716. The average Bonchev–Trinajstić information content (AvgIpc) is 1.60. The van der Waals surface area contributed by atoms with E-state index in [0.717, 1.165) is 44.8 Å². The van der Waals surface area contributed by atoms with Crippen molar-refractivity contribution in [1.29, 1.82) is 0 Å². The van der Waals surface area contributed by atoms with Gasteiger partial charge < -0.3 is 120 Å². The number of aliphatic hydroxyl groups excluding tert-OH is 7. The highest BCUT2D eigenvalue weighted by molar-refractivity contribution is 14.1. The highest BCUT2D eigenvalue weighted by atomic mass is 127. The van der Waals surface area contributed by atoms with Gasteiger partial charge >= 0.3 is 21.2 Å². The molecule has 6 fully saturated rings. The Morgan fingerprint density at radius 3 is 1.04 bits per heavy atom. The lowest BCUT2D eigenvalue weighted by Gasteiger charge is -2.31. The van der Waals surface area contributed by atoms with Gasteiger partial charge in [-0.2, -0.15) is 27.4 Å². The van der Waals surface area contributed by atoms with Crippen molar-refractivity contribution in [2.75, 3.05) is 108 Å². The van der Waals surface area contributed by atoms with E-state index in [-0.39, 0.29) is 177 Å². The van der Waals surface area contributed by atoms with Crippen LogP contribution in [0.5, 0.6) is 6.01 Å². The molecule has 0 saturated carbocycles. The number of carbonyl (C=O) groups is 11. The molecule has 49 heteroatoms. The zero-order valence-corrected chi connectivity index (χ0v) is 84.3. The molecule has 12 aliphatic rings. The molecule has 1 aromatic rings. The standard InChI is InChI=1S/C15H23NO4.C14H21NO5.C14H19NO5.C14H21NO5.C13H19NO6.C9H10N2O5.C5H14O6P2.C3H8O2.CH3BI/c1-4-8-19-14-10(3)12(5-2)20-15(14)16-7-6-11(17)9-13(16)18;2*1-3-6-19-13-9(2)11(8-16)20-14(13)15-5-4-10(17)7-12(15)18;1-3-7-19-13-12(18)10(4-2)20-14(13)15-6-5-9(16)8-11(15)17;1-2-5-19-12-11(18)9(7-15)20-13(12)14-4-3-8(16)6-10(14)17;12-3-4-6(14)7-8(15-4)11-2-1-5(13)10-9(11)16-7;1-8-12(6,9-2)5-13(7,10-3)11-4;1-5-3-2-4;1-2-3/h6-7,10,12,14-15H,4-5,8-9H2,1-3H3;4-5,9,11,13-14,16H,3,6-8H2,1-2H3;4-5,8-9,11,13-14H,3,6-7H2,1-2H3;5-6,10,12-14,18H,3-4,7-8H2,1-2H3;3-4,9,11-13,15,18H,2,5-7H2,1H3;1-2,4,6-8,12,14H,3H2;5H2,1-4H3;4H,2-3H2,1H3;1H3/t10-,12-,14-,15-;2*9-,11-,13-,14-;10-,12-,13-,14-;9-,11-,12-,13-;4-,6-,7+,8-;;;/m111111.../s1. The molecule has 0 spiro atoms. The molecule has 6 saturated heterocycles. The number of hydrogen-bond acceptors (Lipinski definition) is 39. The molecule has 13 heterocycles. The normalized spacial score (nSPS) is 30.6. The minimum atomic E-state index is -3.35. The maximum absolute atomic E-state index is 12.0. The van der Waals surface area contributed by atoms with Crippen molar-refractivity contribution >= 4 is 107 Å². The Labute approximate surface area is 811 Å². The van der Waals surface area contributed by atoms with Gasteiger partial charge in [0.2, 0.25) is 29.5 Å². The van der Waals surface area contributed by atoms with Gasteiger partial charge in [0.05, 0.1) is 83.5 Å². The second-order valence-electron chi connectivity index (χ2n) is 32.4. The first-order chi connectivity index (χ1) is 65.4. The number of amides is 5. The molecule has 7 N–H and O–H groups in total. The molecular weight excluding hydrogens is 1960 g/mol. The number of ether oxygens (including phenoxy) is 13. The van der Waals surface area contributed by atoms with Crippen molar-refractivity contribution in [2.24, 2.45) is 17.8 Å². The van der Waals surface area contributed by atoms with Gasteiger partial charge in [-0.3, -0.25) is 90.9 Å². The topological polar surface area (TPSA) is 572 Å². The van der Waals surface area contributed by atoms with E-state index < -0.39 is 119 Å². The number of hydrogen-bond donors (Lipinski definition) is 7. The molecule has 0 aliphatic carbocycles. The molecule has 1 radical (unpaired) electrons. The number of aldehydes is 1. The van der Waals surface area contributed by atoms with Crippen molar-refractivity contribution in [3.8, 4) is 6.01 Å². The molecule has 0 unspecified atom stereocenters. The molecule has 137 heavy (non-hydrogen) atoms. The van der Waals surface area contributed by atoms with Crippen LogP contribution in [0.3, 0.4) is 0 Å². The number of allylic oxidation sites excluding steroid dienone is 5. The summed E-state index contributed by atoms with van der Waals surface area (Å²) >= 11 is 2.16. The van der Waals surface area contributed by atoms with E-state index in [1.165, 1.54) is 131 Å². The Morgan fingerprint density at radius 1 is 0.431 bits per heavy atom. The van der Waals surface area contributed by atoms with E-state index >= 15 is 0 Å². The maximum atomic E-state index is 12.0. The Bertz CT molecular complexity index is 4000. The summed E-state index contributed by atoms with van der Waals surface area (Å²) in [4.78, 5) is 148. The van der Waals surface area contributed by atoms with Gasteiger partial charge in [0.25, 0.3) is 5.56 Å². The molecule has 0 bridgehead atoms. The number of methoxy groups -OCH3 is 1. The average molecular weight is 2100 g/mol. The van der Waals surface area contributed by atoms with Crippen molar-refractivity contribution in [2.45, 2.75) is 282 Å². The van der Waals surface area contributed by atoms with Crippen molar-refractivity contribution < 1.29 is 177 Å². The summed E-state index contributed by atoms with van der Waals surface area (Å²) in [7, 11) is -0.313. The number of aromatic nitrogens is 2. The molecule has 0 aromatic carbocycles. The van der Waals surface area contributed by atoms with Crippen LogP contribution in [-0.2, 0) is 137 Å². The second-order valence-corrected chi connectivity index (χ2v) is 38.7. The van der Waals surface area contributed by atoms with E-state index in [1.54, 1.807) is 7.11 Å². The van der Waals surface area contributed by atoms with E-state index in [2.05, 4.69) is 71.0 Å². The summed E-state index contributed by atoms with van der Waals surface area (Å²) < 4.78 is 115. The van der Waals surface area contributed by atoms with Crippen LogP contribution in [0.25, 0.3) is 0 Å². The van der Waals surface area contributed by atoms with Crippen LogP contribution in [0, 0.1) is 17.8 Å². The van der Waals surface area contributed by atoms with Gasteiger partial charge in [0.15, 0.2) is 83.4 Å². The van der Waals surface area contributed by atoms with Gasteiger partial charge in [0.1, 0.15) is 73.4 Å². The lowest BCUT2D eigenvalue weighted by atomic mass is 9.98. The Balaban J connectivity index is 0.000000279. The second kappa shape index (κ2) is 61.2. The van der Waals surface area contributed by atoms with Crippen molar-refractivity contribution in [3.05, 3.63) is 84.0 Å². The minimum Gasteiger partial charge on any atom is -0.453 e. The molecular formula is C88H138BIN7O38P2. The van der Waals surface area contributed by atoms with Crippen LogP contribution in [0.15, 0.2) is 78.4 Å². The Morgan fingerprint density at radius 2 is 0.730 bits per heavy atom. The number of nitrogens with zero attached hydrogens (tertiary/aromatic N) is 7. The Hall–Kier alpha value is -6.92. The number of halogens is 1. The first-order valence-corrected chi connectivity index (χ1v) is 50.2.